The van der Waals surface area contributed by atoms with Gasteiger partial charge in [-0.1, -0.05) is 28.9 Å². The summed E-state index contributed by atoms with van der Waals surface area (Å²) in [6, 6.07) is 7.86. The minimum atomic E-state index is -4.79. The first-order chi connectivity index (χ1) is 21.3. The van der Waals surface area contributed by atoms with Crippen LogP contribution in [-0.4, -0.2) is 54.1 Å². The van der Waals surface area contributed by atoms with Crippen molar-refractivity contribution in [1.29, 1.82) is 0 Å². The molecule has 0 saturated carbocycles. The molecular formula is C28H18ClF7N6O3. The molecule has 0 amide bonds. The molecule has 45 heavy (non-hydrogen) atoms. The van der Waals surface area contributed by atoms with Gasteiger partial charge in [-0.25, -0.2) is 18.3 Å². The predicted molar refractivity (Wildman–Crippen MR) is 144 cm³/mol. The maximum Gasteiger partial charge on any atom is 0.436 e. The Kier molecular flexibility index (Phi) is 8.88. The Bertz CT molecular complexity index is 1840. The maximum atomic E-state index is 15.3. The Morgan fingerprint density at radius 1 is 1.00 bits per heavy atom. The second kappa shape index (κ2) is 12.6. The van der Waals surface area contributed by atoms with Crippen molar-refractivity contribution in [3.8, 4) is 27.9 Å². The van der Waals surface area contributed by atoms with Gasteiger partial charge >= 0.3 is 18.8 Å². The molecule has 2 aromatic carbocycles. The second-order valence-electron chi connectivity index (χ2n) is 9.42. The fourth-order valence-corrected chi connectivity index (χ4v) is 4.64. The molecule has 1 atom stereocenters. The Balaban J connectivity index is 1.50. The number of benzene rings is 2. The smallest absolute Gasteiger partial charge is 0.436 e. The summed E-state index contributed by atoms with van der Waals surface area (Å²) >= 11 is 5.97. The number of ether oxygens (including phenoxy) is 1. The van der Waals surface area contributed by atoms with Crippen LogP contribution in [0.25, 0.3) is 27.9 Å². The van der Waals surface area contributed by atoms with Gasteiger partial charge in [0, 0.05) is 29.1 Å². The van der Waals surface area contributed by atoms with Gasteiger partial charge < -0.3 is 9.84 Å². The number of carboxylic acid groups (broad SMARTS) is 1. The molecule has 1 unspecified atom stereocenters. The van der Waals surface area contributed by atoms with Gasteiger partial charge in [-0.2, -0.15) is 27.1 Å². The normalized spacial score (nSPS) is 12.6. The Morgan fingerprint density at radius 3 is 2.38 bits per heavy atom. The van der Waals surface area contributed by atoms with Crippen molar-refractivity contribution in [1.82, 2.24) is 29.8 Å². The highest BCUT2D eigenvalue weighted by molar-refractivity contribution is 6.31. The van der Waals surface area contributed by atoms with Crippen LogP contribution in [0.3, 0.4) is 0 Å². The number of halogens is 8. The van der Waals surface area contributed by atoms with E-state index in [-0.39, 0.29) is 34.0 Å². The molecule has 1 N–H and O–H groups in total. The highest BCUT2D eigenvalue weighted by Gasteiger charge is 2.35. The summed E-state index contributed by atoms with van der Waals surface area (Å²) in [6.07, 6.45) is -0.247. The molecule has 3 aromatic heterocycles. The van der Waals surface area contributed by atoms with Crippen molar-refractivity contribution >= 4 is 17.6 Å². The average molecular weight is 655 g/mol. The van der Waals surface area contributed by atoms with E-state index in [2.05, 4.69) is 25.1 Å². The summed E-state index contributed by atoms with van der Waals surface area (Å²) in [5, 5.41) is 19.6. The van der Waals surface area contributed by atoms with E-state index in [0.29, 0.717) is 17.3 Å². The highest BCUT2D eigenvalue weighted by atomic mass is 35.5. The van der Waals surface area contributed by atoms with E-state index in [9.17, 15) is 31.1 Å². The summed E-state index contributed by atoms with van der Waals surface area (Å²) in [5.41, 5.74) is -1.16. The van der Waals surface area contributed by atoms with Crippen molar-refractivity contribution < 1.29 is 45.4 Å². The number of aromatic nitrogens is 6. The lowest BCUT2D eigenvalue weighted by atomic mass is 10.0. The lowest BCUT2D eigenvalue weighted by molar-refractivity contribution is -0.141. The fourth-order valence-electron chi connectivity index (χ4n) is 4.48. The summed E-state index contributed by atoms with van der Waals surface area (Å²) < 4.78 is 101. The van der Waals surface area contributed by atoms with E-state index in [1.807, 2.05) is 0 Å². The minimum absolute atomic E-state index is 0.0694. The Hall–Kier alpha value is -4.83. The summed E-state index contributed by atoms with van der Waals surface area (Å²) in [7, 11) is 0. The van der Waals surface area contributed by atoms with Crippen molar-refractivity contribution in [2.75, 3.05) is 6.61 Å². The number of pyridine rings is 1. The number of aromatic carboxylic acids is 1. The SMILES string of the molecule is O=C(O)c1ccc(-c2cnn(C(CCOC(F)F)c3ccc(-c4c(-n5cc(C(F)(F)F)nn5)ccc(Cl)c4F)cn3)c2)cc1F. The molecule has 234 valence electrons. The standard InChI is InChI=1S/C28H18ClF7N6O3/c29-18-4-6-22(42-13-23(39-40-42)28(34,35)36)24(25(18)31)15-2-5-20(37-10-15)21(7-8-45-27(32)33)41-12-16(11-38-41)14-1-3-17(26(43)44)19(30)9-14/h1-6,9-13,21,27H,7-8H2,(H,43,44). The largest absolute Gasteiger partial charge is 0.478 e. The molecule has 9 nitrogen and oxygen atoms in total. The van der Waals surface area contributed by atoms with Crippen LogP contribution in [0.5, 0.6) is 0 Å². The molecular weight excluding hydrogens is 637 g/mol. The summed E-state index contributed by atoms with van der Waals surface area (Å²) in [4.78, 5) is 15.5. The summed E-state index contributed by atoms with van der Waals surface area (Å²) in [6.45, 7) is -3.48. The second-order valence-corrected chi connectivity index (χ2v) is 9.83. The van der Waals surface area contributed by atoms with Crippen LogP contribution < -0.4 is 0 Å². The lowest BCUT2D eigenvalue weighted by Crippen LogP contribution is -2.16. The number of rotatable bonds is 10. The van der Waals surface area contributed by atoms with Crippen LogP contribution in [0.2, 0.25) is 5.02 Å². The Morgan fingerprint density at radius 2 is 1.76 bits per heavy atom. The number of alkyl halides is 5. The maximum absolute atomic E-state index is 15.3. The van der Waals surface area contributed by atoms with E-state index >= 15 is 4.39 Å². The number of nitrogens with zero attached hydrogens (tertiary/aromatic N) is 6. The average Bonchev–Trinajstić information content (AvgIpc) is 3.68. The first kappa shape index (κ1) is 31.6. The molecule has 0 fully saturated rings. The fraction of sp³-hybridized carbons (Fsp3) is 0.179. The van der Waals surface area contributed by atoms with Gasteiger partial charge in [0.15, 0.2) is 11.5 Å². The molecule has 3 heterocycles. The third kappa shape index (κ3) is 6.81. The summed E-state index contributed by atoms with van der Waals surface area (Å²) in [5.74, 6) is -3.38. The monoisotopic (exact) mass is 654 g/mol. The molecule has 0 radical (unpaired) electrons. The van der Waals surface area contributed by atoms with Crippen LogP contribution >= 0.6 is 11.6 Å². The zero-order valence-electron chi connectivity index (χ0n) is 22.4. The van der Waals surface area contributed by atoms with Gasteiger partial charge in [0.2, 0.25) is 0 Å². The molecule has 0 aliphatic carbocycles. The molecule has 17 heteroatoms. The van der Waals surface area contributed by atoms with Crippen molar-refractivity contribution in [3.05, 3.63) is 101 Å². The third-order valence-corrected chi connectivity index (χ3v) is 6.90. The molecule has 5 aromatic rings. The van der Waals surface area contributed by atoms with Crippen molar-refractivity contribution in [2.45, 2.75) is 25.3 Å². The van der Waals surface area contributed by atoms with Crippen molar-refractivity contribution in [3.63, 3.8) is 0 Å². The lowest BCUT2D eigenvalue weighted by Gasteiger charge is -2.18. The van der Waals surface area contributed by atoms with Crippen LogP contribution in [0.4, 0.5) is 30.7 Å². The van der Waals surface area contributed by atoms with E-state index in [4.69, 9.17) is 16.7 Å². The van der Waals surface area contributed by atoms with E-state index < -0.39 is 54.3 Å². The molecule has 5 rings (SSSR count). The van der Waals surface area contributed by atoms with E-state index in [1.54, 1.807) is 0 Å². The van der Waals surface area contributed by atoms with Gasteiger partial charge in [0.05, 0.1) is 47.0 Å². The number of hydrogen-bond donors (Lipinski definition) is 1. The van der Waals surface area contributed by atoms with Gasteiger partial charge in [-0.05, 0) is 42.3 Å². The molecule has 0 saturated heterocycles. The van der Waals surface area contributed by atoms with Gasteiger partial charge in [0.25, 0.3) is 0 Å². The quantitative estimate of drug-likeness (QED) is 0.161. The van der Waals surface area contributed by atoms with E-state index in [1.165, 1.54) is 47.5 Å². The topological polar surface area (TPSA) is 108 Å². The van der Waals surface area contributed by atoms with Crippen LogP contribution in [-0.2, 0) is 10.9 Å². The van der Waals surface area contributed by atoms with Crippen LogP contribution in [0.15, 0.2) is 67.3 Å². The van der Waals surface area contributed by atoms with Crippen LogP contribution in [0, 0.1) is 11.6 Å². The first-order valence-electron chi connectivity index (χ1n) is 12.7. The highest BCUT2D eigenvalue weighted by Crippen LogP contribution is 2.35. The third-order valence-electron chi connectivity index (χ3n) is 6.61. The van der Waals surface area contributed by atoms with Gasteiger partial charge in [-0.15, -0.1) is 5.10 Å². The zero-order chi connectivity index (χ0) is 32.5. The number of hydrogen-bond acceptors (Lipinski definition) is 6. The number of carboxylic acids is 1. The molecule has 0 spiro atoms. The van der Waals surface area contributed by atoms with Gasteiger partial charge in [-0.3, -0.25) is 9.67 Å². The predicted octanol–water partition coefficient (Wildman–Crippen LogP) is 7.06. The van der Waals surface area contributed by atoms with Crippen LogP contribution in [0.1, 0.15) is 34.2 Å². The molecule has 0 bridgehead atoms. The van der Waals surface area contributed by atoms with Crippen molar-refractivity contribution in [2.24, 2.45) is 0 Å². The minimum Gasteiger partial charge on any atom is -0.478 e. The van der Waals surface area contributed by atoms with E-state index in [0.717, 1.165) is 22.9 Å². The zero-order valence-corrected chi connectivity index (χ0v) is 23.1. The Labute approximate surface area is 253 Å². The first-order valence-corrected chi connectivity index (χ1v) is 13.1. The number of carbonyl (C=O) groups is 1. The molecule has 0 aliphatic rings. The van der Waals surface area contributed by atoms with Gasteiger partial charge in [0.1, 0.15) is 5.82 Å². The molecule has 0 aliphatic heterocycles.